The number of rotatable bonds is 4. The molecule has 3 nitrogen and oxygen atoms in total. The number of methoxy groups -OCH3 is 2. The molecule has 0 aliphatic rings. The van der Waals surface area contributed by atoms with E-state index in [1.54, 1.807) is 50.6 Å². The summed E-state index contributed by atoms with van der Waals surface area (Å²) in [5, 5.41) is 4.44. The van der Waals surface area contributed by atoms with Gasteiger partial charge >= 0.3 is 0 Å². The molecular formula is C14H13Cl2NO2. The van der Waals surface area contributed by atoms with E-state index in [1.807, 2.05) is 0 Å². The minimum Gasteiger partial charge on any atom is -0.495 e. The summed E-state index contributed by atoms with van der Waals surface area (Å²) < 4.78 is 10.6. The average molecular weight is 298 g/mol. The van der Waals surface area contributed by atoms with Crippen LogP contribution in [0.2, 0.25) is 10.0 Å². The molecule has 0 bridgehead atoms. The van der Waals surface area contributed by atoms with Gasteiger partial charge < -0.3 is 14.8 Å². The molecule has 0 spiro atoms. The van der Waals surface area contributed by atoms with E-state index in [0.29, 0.717) is 21.5 Å². The van der Waals surface area contributed by atoms with Crippen LogP contribution >= 0.6 is 23.2 Å². The largest absolute Gasteiger partial charge is 0.495 e. The quantitative estimate of drug-likeness (QED) is 0.883. The Morgan fingerprint density at radius 1 is 0.789 bits per heavy atom. The first kappa shape index (κ1) is 13.8. The molecule has 19 heavy (non-hydrogen) atoms. The van der Waals surface area contributed by atoms with Crippen LogP contribution in [0.3, 0.4) is 0 Å². The monoisotopic (exact) mass is 297 g/mol. The predicted molar refractivity (Wildman–Crippen MR) is 79.3 cm³/mol. The molecule has 0 radical (unpaired) electrons. The molecule has 0 saturated carbocycles. The van der Waals surface area contributed by atoms with Crippen molar-refractivity contribution in [2.24, 2.45) is 0 Å². The summed E-state index contributed by atoms with van der Waals surface area (Å²) in [6.07, 6.45) is 0. The van der Waals surface area contributed by atoms with Crippen LogP contribution in [0, 0.1) is 0 Å². The lowest BCUT2D eigenvalue weighted by Gasteiger charge is -2.14. The van der Waals surface area contributed by atoms with Gasteiger partial charge in [-0.05, 0) is 36.4 Å². The van der Waals surface area contributed by atoms with Gasteiger partial charge in [-0.2, -0.15) is 0 Å². The molecule has 1 N–H and O–H groups in total. The minimum atomic E-state index is 0.615. The van der Waals surface area contributed by atoms with Gasteiger partial charge in [-0.25, -0.2) is 0 Å². The zero-order chi connectivity index (χ0) is 13.8. The summed E-state index contributed by atoms with van der Waals surface area (Å²) in [7, 11) is 3.20. The molecule has 0 amide bonds. The van der Waals surface area contributed by atoms with Gasteiger partial charge in [0.2, 0.25) is 0 Å². The van der Waals surface area contributed by atoms with Gasteiger partial charge in [-0.3, -0.25) is 0 Å². The lowest BCUT2D eigenvalue weighted by atomic mass is 10.2. The highest BCUT2D eigenvalue weighted by atomic mass is 35.5. The first-order valence-electron chi connectivity index (χ1n) is 5.58. The fraction of sp³-hybridized carbons (Fsp3) is 0.143. The van der Waals surface area contributed by atoms with Crippen LogP contribution in [0.5, 0.6) is 11.5 Å². The highest BCUT2D eigenvalue weighted by Crippen LogP contribution is 2.35. The van der Waals surface area contributed by atoms with Crippen LogP contribution in [-0.2, 0) is 0 Å². The smallest absolute Gasteiger partial charge is 0.142 e. The molecule has 0 aliphatic carbocycles. The standard InChI is InChI=1S/C14H13Cl2NO2/c1-18-13-5-3-9(15)7-11(13)17-12-8-10(16)4-6-14(12)19-2/h3-8,17H,1-2H3. The number of benzene rings is 2. The number of halogens is 2. The van der Waals surface area contributed by atoms with Crippen molar-refractivity contribution >= 4 is 34.6 Å². The van der Waals surface area contributed by atoms with Crippen LogP contribution in [0.4, 0.5) is 11.4 Å². The van der Waals surface area contributed by atoms with E-state index in [0.717, 1.165) is 11.4 Å². The van der Waals surface area contributed by atoms with E-state index < -0.39 is 0 Å². The molecule has 2 aromatic carbocycles. The fourth-order valence-corrected chi connectivity index (χ4v) is 2.05. The Bertz CT molecular complexity index is 536. The first-order valence-corrected chi connectivity index (χ1v) is 6.33. The summed E-state index contributed by atoms with van der Waals surface area (Å²) in [4.78, 5) is 0. The Morgan fingerprint density at radius 3 is 1.58 bits per heavy atom. The number of anilines is 2. The maximum Gasteiger partial charge on any atom is 0.142 e. The number of hydrogen-bond acceptors (Lipinski definition) is 3. The van der Waals surface area contributed by atoms with Crippen molar-refractivity contribution in [2.45, 2.75) is 0 Å². The Morgan fingerprint density at radius 2 is 1.21 bits per heavy atom. The molecule has 0 aromatic heterocycles. The van der Waals surface area contributed by atoms with Crippen molar-refractivity contribution in [3.8, 4) is 11.5 Å². The lowest BCUT2D eigenvalue weighted by molar-refractivity contribution is 0.414. The molecule has 0 aliphatic heterocycles. The fourth-order valence-electron chi connectivity index (χ4n) is 1.70. The van der Waals surface area contributed by atoms with Gasteiger partial charge in [0, 0.05) is 10.0 Å². The Kier molecular flexibility index (Phi) is 4.40. The van der Waals surface area contributed by atoms with Gasteiger partial charge in [0.1, 0.15) is 11.5 Å². The van der Waals surface area contributed by atoms with Crippen molar-refractivity contribution in [1.82, 2.24) is 0 Å². The van der Waals surface area contributed by atoms with Crippen molar-refractivity contribution in [1.29, 1.82) is 0 Å². The number of hydrogen-bond donors (Lipinski definition) is 1. The summed E-state index contributed by atoms with van der Waals surface area (Å²) in [6.45, 7) is 0. The van der Waals surface area contributed by atoms with Gasteiger partial charge in [0.05, 0.1) is 25.6 Å². The molecule has 0 atom stereocenters. The third-order valence-corrected chi connectivity index (χ3v) is 3.06. The van der Waals surface area contributed by atoms with Crippen molar-refractivity contribution in [2.75, 3.05) is 19.5 Å². The summed E-state index contributed by atoms with van der Waals surface area (Å²) in [5.41, 5.74) is 1.49. The van der Waals surface area contributed by atoms with E-state index in [1.165, 1.54) is 0 Å². The first-order chi connectivity index (χ1) is 9.13. The van der Waals surface area contributed by atoms with E-state index >= 15 is 0 Å². The Balaban J connectivity index is 2.40. The molecule has 2 aromatic rings. The molecule has 5 heteroatoms. The van der Waals surface area contributed by atoms with Crippen LogP contribution in [0.15, 0.2) is 36.4 Å². The maximum absolute atomic E-state index is 5.99. The van der Waals surface area contributed by atoms with Gasteiger partial charge in [-0.1, -0.05) is 23.2 Å². The second kappa shape index (κ2) is 6.04. The zero-order valence-electron chi connectivity index (χ0n) is 10.5. The summed E-state index contributed by atoms with van der Waals surface area (Å²) in [6, 6.07) is 10.7. The highest BCUT2D eigenvalue weighted by Gasteiger charge is 2.08. The highest BCUT2D eigenvalue weighted by molar-refractivity contribution is 6.31. The second-order valence-electron chi connectivity index (χ2n) is 3.81. The van der Waals surface area contributed by atoms with E-state index in [4.69, 9.17) is 32.7 Å². The van der Waals surface area contributed by atoms with Crippen LogP contribution < -0.4 is 14.8 Å². The van der Waals surface area contributed by atoms with Crippen LogP contribution in [0.1, 0.15) is 0 Å². The Hall–Kier alpha value is -1.58. The molecule has 2 rings (SSSR count). The molecule has 0 heterocycles. The minimum absolute atomic E-state index is 0.615. The topological polar surface area (TPSA) is 30.5 Å². The summed E-state index contributed by atoms with van der Waals surface area (Å²) in [5.74, 6) is 1.37. The molecular weight excluding hydrogens is 285 g/mol. The van der Waals surface area contributed by atoms with E-state index in [-0.39, 0.29) is 0 Å². The normalized spacial score (nSPS) is 10.1. The van der Waals surface area contributed by atoms with Crippen molar-refractivity contribution < 1.29 is 9.47 Å². The second-order valence-corrected chi connectivity index (χ2v) is 4.69. The lowest BCUT2D eigenvalue weighted by Crippen LogP contribution is -1.97. The molecule has 0 saturated heterocycles. The molecule has 100 valence electrons. The number of nitrogens with one attached hydrogen (secondary N) is 1. The maximum atomic E-state index is 5.99. The van der Waals surface area contributed by atoms with Crippen molar-refractivity contribution in [3.05, 3.63) is 46.4 Å². The van der Waals surface area contributed by atoms with Crippen LogP contribution in [0.25, 0.3) is 0 Å². The SMILES string of the molecule is COc1ccc(Cl)cc1Nc1cc(Cl)ccc1OC. The predicted octanol–water partition coefficient (Wildman–Crippen LogP) is 4.75. The molecule has 0 unspecified atom stereocenters. The average Bonchev–Trinajstić information content (AvgIpc) is 2.39. The van der Waals surface area contributed by atoms with E-state index in [2.05, 4.69) is 5.32 Å². The van der Waals surface area contributed by atoms with Crippen LogP contribution in [-0.4, -0.2) is 14.2 Å². The zero-order valence-corrected chi connectivity index (χ0v) is 12.0. The van der Waals surface area contributed by atoms with Crippen molar-refractivity contribution in [3.63, 3.8) is 0 Å². The molecule has 0 fully saturated rings. The summed E-state index contributed by atoms with van der Waals surface area (Å²) >= 11 is 12.0. The van der Waals surface area contributed by atoms with E-state index in [9.17, 15) is 0 Å². The third kappa shape index (κ3) is 3.25. The third-order valence-electron chi connectivity index (χ3n) is 2.59. The van der Waals surface area contributed by atoms with Gasteiger partial charge in [0.15, 0.2) is 0 Å². The van der Waals surface area contributed by atoms with Gasteiger partial charge in [0.25, 0.3) is 0 Å². The Labute approximate surface area is 122 Å². The number of ether oxygens (including phenoxy) is 2. The van der Waals surface area contributed by atoms with Gasteiger partial charge in [-0.15, -0.1) is 0 Å².